The number of rotatable bonds is 3. The molecule has 3 N–H and O–H groups in total. The molecule has 2 rings (SSSR count). The fourth-order valence-corrected chi connectivity index (χ4v) is 3.18. The van der Waals surface area contributed by atoms with Gasteiger partial charge in [0.15, 0.2) is 0 Å². The summed E-state index contributed by atoms with van der Waals surface area (Å²) in [6, 6.07) is 0.0455. The lowest BCUT2D eigenvalue weighted by molar-refractivity contribution is 0.0339. The molecule has 1 aliphatic heterocycles. The Hall–Kier alpha value is -0.810. The number of carbonyl (C=O) groups is 1. The van der Waals surface area contributed by atoms with Crippen LogP contribution in [0.25, 0.3) is 0 Å². The van der Waals surface area contributed by atoms with E-state index < -0.39 is 5.60 Å². The SMILES string of the molecule is CC(N)C1(C2(NC(=O)OC(C)(C)C)CCOC2)CC1. The molecule has 19 heavy (non-hydrogen) atoms. The first-order valence-electron chi connectivity index (χ1n) is 7.05. The molecule has 1 amide bonds. The number of alkyl carbamates (subject to hydrolysis) is 1. The minimum Gasteiger partial charge on any atom is -0.444 e. The van der Waals surface area contributed by atoms with Gasteiger partial charge in [-0.2, -0.15) is 0 Å². The van der Waals surface area contributed by atoms with Crippen molar-refractivity contribution in [2.24, 2.45) is 11.1 Å². The molecule has 1 saturated heterocycles. The number of nitrogens with two attached hydrogens (primary N) is 1. The summed E-state index contributed by atoms with van der Waals surface area (Å²) in [4.78, 5) is 12.1. The van der Waals surface area contributed by atoms with Gasteiger partial charge in [-0.15, -0.1) is 0 Å². The second kappa shape index (κ2) is 4.63. The van der Waals surface area contributed by atoms with Crippen molar-refractivity contribution in [3.8, 4) is 0 Å². The van der Waals surface area contributed by atoms with Crippen molar-refractivity contribution in [3.05, 3.63) is 0 Å². The molecule has 0 aromatic carbocycles. The van der Waals surface area contributed by atoms with Gasteiger partial charge in [0.2, 0.25) is 0 Å². The molecule has 2 aliphatic rings. The summed E-state index contributed by atoms with van der Waals surface area (Å²) in [6.07, 6.45) is 2.53. The summed E-state index contributed by atoms with van der Waals surface area (Å²) in [6.45, 7) is 8.82. The number of nitrogens with one attached hydrogen (secondary N) is 1. The van der Waals surface area contributed by atoms with Crippen LogP contribution in [0.4, 0.5) is 4.79 Å². The van der Waals surface area contributed by atoms with Crippen molar-refractivity contribution >= 4 is 6.09 Å². The number of hydrogen-bond donors (Lipinski definition) is 2. The summed E-state index contributed by atoms with van der Waals surface area (Å²) in [7, 11) is 0. The van der Waals surface area contributed by atoms with Crippen LogP contribution >= 0.6 is 0 Å². The highest BCUT2D eigenvalue weighted by Crippen LogP contribution is 2.58. The molecule has 0 aromatic heterocycles. The van der Waals surface area contributed by atoms with E-state index in [1.165, 1.54) is 0 Å². The first kappa shape index (κ1) is 14.6. The highest BCUT2D eigenvalue weighted by Gasteiger charge is 2.63. The lowest BCUT2D eigenvalue weighted by Crippen LogP contribution is -2.60. The van der Waals surface area contributed by atoms with E-state index in [2.05, 4.69) is 5.32 Å². The summed E-state index contributed by atoms with van der Waals surface area (Å²) >= 11 is 0. The number of ether oxygens (including phenoxy) is 2. The lowest BCUT2D eigenvalue weighted by Gasteiger charge is -2.40. The van der Waals surface area contributed by atoms with Gasteiger partial charge in [-0.3, -0.25) is 0 Å². The molecule has 110 valence electrons. The van der Waals surface area contributed by atoms with E-state index in [0.29, 0.717) is 13.2 Å². The number of amides is 1. The summed E-state index contributed by atoms with van der Waals surface area (Å²) in [5.41, 5.74) is 5.28. The van der Waals surface area contributed by atoms with E-state index in [0.717, 1.165) is 19.3 Å². The Morgan fingerprint density at radius 2 is 2.00 bits per heavy atom. The van der Waals surface area contributed by atoms with Crippen LogP contribution in [-0.4, -0.2) is 36.5 Å². The molecule has 1 heterocycles. The molecule has 0 aromatic rings. The Kier molecular flexibility index (Phi) is 3.56. The topological polar surface area (TPSA) is 73.6 Å². The molecule has 0 bridgehead atoms. The molecular weight excluding hydrogens is 244 g/mol. The zero-order chi connectivity index (χ0) is 14.3. The normalized spacial score (nSPS) is 30.8. The average Bonchev–Trinajstić information content (AvgIpc) is 2.93. The monoisotopic (exact) mass is 270 g/mol. The first-order chi connectivity index (χ1) is 8.71. The van der Waals surface area contributed by atoms with Crippen LogP contribution in [0.15, 0.2) is 0 Å². The summed E-state index contributed by atoms with van der Waals surface area (Å²) in [5.74, 6) is 0. The van der Waals surface area contributed by atoms with Crippen LogP contribution in [0.3, 0.4) is 0 Å². The molecule has 5 nitrogen and oxygen atoms in total. The number of carbonyl (C=O) groups excluding carboxylic acids is 1. The highest BCUT2D eigenvalue weighted by molar-refractivity contribution is 5.69. The zero-order valence-electron chi connectivity index (χ0n) is 12.4. The fraction of sp³-hybridized carbons (Fsp3) is 0.929. The quantitative estimate of drug-likeness (QED) is 0.820. The van der Waals surface area contributed by atoms with Crippen LogP contribution in [0.1, 0.15) is 47.0 Å². The van der Waals surface area contributed by atoms with E-state index in [4.69, 9.17) is 15.2 Å². The van der Waals surface area contributed by atoms with E-state index in [9.17, 15) is 4.79 Å². The Labute approximate surface area is 115 Å². The third-order valence-electron chi connectivity index (χ3n) is 4.38. The lowest BCUT2D eigenvalue weighted by atomic mass is 9.75. The van der Waals surface area contributed by atoms with Crippen LogP contribution in [0.2, 0.25) is 0 Å². The summed E-state index contributed by atoms with van der Waals surface area (Å²) in [5, 5.41) is 3.07. The predicted molar refractivity (Wildman–Crippen MR) is 72.9 cm³/mol. The number of hydrogen-bond acceptors (Lipinski definition) is 4. The van der Waals surface area contributed by atoms with Gasteiger partial charge in [0.05, 0.1) is 12.1 Å². The van der Waals surface area contributed by atoms with Gasteiger partial charge < -0.3 is 20.5 Å². The highest BCUT2D eigenvalue weighted by atomic mass is 16.6. The third kappa shape index (κ3) is 2.72. The first-order valence-corrected chi connectivity index (χ1v) is 7.05. The van der Waals surface area contributed by atoms with Crippen LogP contribution in [-0.2, 0) is 9.47 Å². The van der Waals surface area contributed by atoms with Crippen LogP contribution < -0.4 is 11.1 Å². The van der Waals surface area contributed by atoms with Crippen LogP contribution in [0, 0.1) is 5.41 Å². The second-order valence-corrected chi connectivity index (χ2v) is 6.96. The van der Waals surface area contributed by atoms with Crippen molar-refractivity contribution in [2.75, 3.05) is 13.2 Å². The molecule has 2 unspecified atom stereocenters. The molecule has 5 heteroatoms. The van der Waals surface area contributed by atoms with Gasteiger partial charge in [-0.1, -0.05) is 0 Å². The Morgan fingerprint density at radius 3 is 2.37 bits per heavy atom. The maximum Gasteiger partial charge on any atom is 0.408 e. The molecule has 2 fully saturated rings. The van der Waals surface area contributed by atoms with Crippen molar-refractivity contribution in [3.63, 3.8) is 0 Å². The maximum absolute atomic E-state index is 12.1. The molecular formula is C14H26N2O3. The van der Waals surface area contributed by atoms with Gasteiger partial charge in [0.1, 0.15) is 5.60 Å². The van der Waals surface area contributed by atoms with Gasteiger partial charge in [-0.25, -0.2) is 4.79 Å². The Balaban J connectivity index is 2.11. The largest absolute Gasteiger partial charge is 0.444 e. The van der Waals surface area contributed by atoms with Gasteiger partial charge >= 0.3 is 6.09 Å². The smallest absolute Gasteiger partial charge is 0.408 e. The van der Waals surface area contributed by atoms with Gasteiger partial charge in [-0.05, 0) is 47.0 Å². The Bertz CT molecular complexity index is 350. The van der Waals surface area contributed by atoms with Gasteiger partial charge in [0, 0.05) is 18.1 Å². The summed E-state index contributed by atoms with van der Waals surface area (Å²) < 4.78 is 10.9. The molecule has 1 aliphatic carbocycles. The average molecular weight is 270 g/mol. The van der Waals surface area contributed by atoms with Crippen molar-refractivity contribution in [2.45, 2.75) is 64.1 Å². The van der Waals surface area contributed by atoms with E-state index in [-0.39, 0.29) is 23.1 Å². The maximum atomic E-state index is 12.1. The zero-order valence-corrected chi connectivity index (χ0v) is 12.4. The molecule has 1 saturated carbocycles. The van der Waals surface area contributed by atoms with Crippen molar-refractivity contribution < 1.29 is 14.3 Å². The van der Waals surface area contributed by atoms with Crippen LogP contribution in [0.5, 0.6) is 0 Å². The molecule has 0 radical (unpaired) electrons. The Morgan fingerprint density at radius 1 is 1.37 bits per heavy atom. The molecule has 2 atom stereocenters. The van der Waals surface area contributed by atoms with E-state index in [1.807, 2.05) is 27.7 Å². The predicted octanol–water partition coefficient (Wildman–Crippen LogP) is 1.80. The minimum absolute atomic E-state index is 0.0274. The van der Waals surface area contributed by atoms with E-state index >= 15 is 0 Å². The fourth-order valence-electron chi connectivity index (χ4n) is 3.18. The second-order valence-electron chi connectivity index (χ2n) is 6.96. The minimum atomic E-state index is -0.490. The van der Waals surface area contributed by atoms with Crippen molar-refractivity contribution in [1.29, 1.82) is 0 Å². The molecule has 0 spiro atoms. The van der Waals surface area contributed by atoms with Crippen molar-refractivity contribution in [1.82, 2.24) is 5.32 Å². The third-order valence-corrected chi connectivity index (χ3v) is 4.38. The van der Waals surface area contributed by atoms with Gasteiger partial charge in [0.25, 0.3) is 0 Å². The van der Waals surface area contributed by atoms with E-state index in [1.54, 1.807) is 0 Å². The standard InChI is InChI=1S/C14H26N2O3/c1-10(15)13(5-6-13)14(7-8-18-9-14)16-11(17)19-12(2,3)4/h10H,5-9,15H2,1-4H3,(H,16,17).